The minimum Gasteiger partial charge on any atom is -0.294 e. The highest BCUT2D eigenvalue weighted by Crippen LogP contribution is 2.34. The lowest BCUT2D eigenvalue weighted by Gasteiger charge is -2.45. The molecule has 10 heteroatoms. The highest BCUT2D eigenvalue weighted by Gasteiger charge is 2.45. The molecule has 7 nitrogen and oxygen atoms in total. The van der Waals surface area contributed by atoms with E-state index in [1.54, 1.807) is 6.92 Å². The SMILES string of the molecule is CC[C@]1(N2CCN(S(=O)(=O)c3ccc(F)c(C)c3)CC2)CCN(S(C)(=O)=O)C1. The molecule has 1 aromatic rings. The van der Waals surface area contributed by atoms with Crippen molar-refractivity contribution in [2.45, 2.75) is 37.1 Å². The summed E-state index contributed by atoms with van der Waals surface area (Å²) in [4.78, 5) is 2.34. The van der Waals surface area contributed by atoms with Gasteiger partial charge in [-0.3, -0.25) is 4.90 Å². The number of rotatable bonds is 5. The number of hydrogen-bond donors (Lipinski definition) is 0. The summed E-state index contributed by atoms with van der Waals surface area (Å²) in [5.41, 5.74) is 0.0576. The van der Waals surface area contributed by atoms with Gasteiger partial charge in [-0.2, -0.15) is 4.31 Å². The molecule has 2 fully saturated rings. The summed E-state index contributed by atoms with van der Waals surface area (Å²) in [5, 5.41) is 0. The summed E-state index contributed by atoms with van der Waals surface area (Å²) >= 11 is 0. The van der Waals surface area contributed by atoms with Crippen molar-refractivity contribution in [2.75, 3.05) is 45.5 Å². The third-order valence-electron chi connectivity index (χ3n) is 6.10. The molecule has 0 bridgehead atoms. The van der Waals surface area contributed by atoms with Crippen LogP contribution in [0.2, 0.25) is 0 Å². The predicted molar refractivity (Wildman–Crippen MR) is 106 cm³/mol. The largest absolute Gasteiger partial charge is 0.294 e. The van der Waals surface area contributed by atoms with Gasteiger partial charge < -0.3 is 0 Å². The molecule has 0 spiro atoms. The van der Waals surface area contributed by atoms with Gasteiger partial charge in [0.05, 0.1) is 11.2 Å². The molecular weight excluding hydrogens is 405 g/mol. The number of hydrogen-bond acceptors (Lipinski definition) is 5. The molecule has 0 radical (unpaired) electrons. The first-order chi connectivity index (χ1) is 13.0. The standard InChI is InChI=1S/C18H28FN3O4S2/c1-4-18(7-8-22(14-18)27(3,23)24)20-9-11-21(12-10-20)28(25,26)16-5-6-17(19)15(2)13-16/h5-6,13H,4,7-12,14H2,1-3H3/t18-/m0/s1. The third kappa shape index (κ3) is 3.97. The number of halogens is 1. The quantitative estimate of drug-likeness (QED) is 0.699. The average molecular weight is 434 g/mol. The molecule has 0 saturated carbocycles. The Labute approximate surface area is 167 Å². The van der Waals surface area contributed by atoms with Gasteiger partial charge in [-0.15, -0.1) is 0 Å². The van der Waals surface area contributed by atoms with Gasteiger partial charge in [0.2, 0.25) is 20.0 Å². The molecule has 0 unspecified atom stereocenters. The van der Waals surface area contributed by atoms with Crippen LogP contribution in [0.15, 0.2) is 23.1 Å². The number of benzene rings is 1. The zero-order valence-electron chi connectivity index (χ0n) is 16.6. The highest BCUT2D eigenvalue weighted by molar-refractivity contribution is 7.89. The summed E-state index contributed by atoms with van der Waals surface area (Å²) in [5.74, 6) is -0.426. The van der Waals surface area contributed by atoms with Gasteiger partial charge in [0.1, 0.15) is 5.82 Å². The Morgan fingerprint density at radius 1 is 1.04 bits per heavy atom. The first-order valence-corrected chi connectivity index (χ1v) is 12.7. The van der Waals surface area contributed by atoms with E-state index in [4.69, 9.17) is 0 Å². The Morgan fingerprint density at radius 3 is 2.18 bits per heavy atom. The fourth-order valence-corrected chi connectivity index (χ4v) is 6.61. The predicted octanol–water partition coefficient (Wildman–Crippen LogP) is 1.25. The molecule has 2 saturated heterocycles. The van der Waals surface area contributed by atoms with Crippen LogP contribution in [0.3, 0.4) is 0 Å². The van der Waals surface area contributed by atoms with E-state index >= 15 is 0 Å². The normalized spacial score (nSPS) is 26.0. The summed E-state index contributed by atoms with van der Waals surface area (Å²) in [7, 11) is -6.91. The third-order valence-corrected chi connectivity index (χ3v) is 9.25. The van der Waals surface area contributed by atoms with Gasteiger partial charge in [-0.05, 0) is 43.5 Å². The number of piperazine rings is 1. The van der Waals surface area contributed by atoms with Gasteiger partial charge in [0, 0.05) is 44.8 Å². The maximum atomic E-state index is 13.5. The van der Waals surface area contributed by atoms with E-state index in [-0.39, 0.29) is 10.4 Å². The monoisotopic (exact) mass is 433 g/mol. The zero-order chi connectivity index (χ0) is 20.7. The Hall–Kier alpha value is -1.07. The van der Waals surface area contributed by atoms with E-state index in [0.717, 1.165) is 12.8 Å². The second-order valence-corrected chi connectivity index (χ2v) is 11.6. The van der Waals surface area contributed by atoms with E-state index in [0.29, 0.717) is 44.8 Å². The fraction of sp³-hybridized carbons (Fsp3) is 0.667. The van der Waals surface area contributed by atoms with Crippen molar-refractivity contribution in [3.05, 3.63) is 29.6 Å². The van der Waals surface area contributed by atoms with Crippen molar-refractivity contribution in [3.8, 4) is 0 Å². The van der Waals surface area contributed by atoms with Crippen LogP contribution in [0.25, 0.3) is 0 Å². The Morgan fingerprint density at radius 2 is 1.68 bits per heavy atom. The fourth-order valence-electron chi connectivity index (χ4n) is 4.20. The smallest absolute Gasteiger partial charge is 0.243 e. The summed E-state index contributed by atoms with van der Waals surface area (Å²) < 4.78 is 66.1. The van der Waals surface area contributed by atoms with Gasteiger partial charge >= 0.3 is 0 Å². The van der Waals surface area contributed by atoms with E-state index in [2.05, 4.69) is 11.8 Å². The molecule has 0 aromatic heterocycles. The minimum atomic E-state index is -3.68. The Kier molecular flexibility index (Phi) is 5.90. The second-order valence-electron chi connectivity index (χ2n) is 7.73. The molecule has 0 aliphatic carbocycles. The first kappa shape index (κ1) is 21.6. The molecule has 2 aliphatic heterocycles. The first-order valence-electron chi connectivity index (χ1n) is 9.46. The molecule has 2 heterocycles. The van der Waals surface area contributed by atoms with Crippen LogP contribution in [-0.4, -0.2) is 81.4 Å². The van der Waals surface area contributed by atoms with Crippen molar-refractivity contribution < 1.29 is 21.2 Å². The maximum Gasteiger partial charge on any atom is 0.243 e. The number of aryl methyl sites for hydroxylation is 1. The van der Waals surface area contributed by atoms with E-state index in [9.17, 15) is 21.2 Å². The van der Waals surface area contributed by atoms with Crippen molar-refractivity contribution in [1.29, 1.82) is 0 Å². The Bertz CT molecular complexity index is 944. The van der Waals surface area contributed by atoms with Crippen molar-refractivity contribution in [3.63, 3.8) is 0 Å². The molecule has 2 aliphatic rings. The van der Waals surface area contributed by atoms with Crippen molar-refractivity contribution in [2.24, 2.45) is 0 Å². The second kappa shape index (κ2) is 7.64. The molecular formula is C18H28FN3O4S2. The maximum absolute atomic E-state index is 13.5. The number of sulfonamides is 2. The van der Waals surface area contributed by atoms with Crippen LogP contribution in [-0.2, 0) is 20.0 Å². The van der Waals surface area contributed by atoms with Gasteiger partial charge in [-0.25, -0.2) is 25.5 Å². The minimum absolute atomic E-state index is 0.106. The molecule has 158 valence electrons. The lowest BCUT2D eigenvalue weighted by molar-refractivity contribution is 0.0600. The van der Waals surface area contributed by atoms with E-state index in [1.165, 1.54) is 33.1 Å². The molecule has 1 atom stereocenters. The van der Waals surface area contributed by atoms with Crippen LogP contribution in [0, 0.1) is 12.7 Å². The highest BCUT2D eigenvalue weighted by atomic mass is 32.2. The lowest BCUT2D eigenvalue weighted by Crippen LogP contribution is -2.58. The van der Waals surface area contributed by atoms with E-state index in [1.807, 2.05) is 0 Å². The van der Waals surface area contributed by atoms with Gasteiger partial charge in [0.15, 0.2) is 0 Å². The number of nitrogens with zero attached hydrogens (tertiary/aromatic N) is 3. The topological polar surface area (TPSA) is 78.0 Å². The van der Waals surface area contributed by atoms with Crippen LogP contribution in [0.5, 0.6) is 0 Å². The average Bonchev–Trinajstić information content (AvgIpc) is 3.10. The van der Waals surface area contributed by atoms with Crippen LogP contribution in [0.4, 0.5) is 4.39 Å². The molecule has 0 N–H and O–H groups in total. The summed E-state index contributed by atoms with van der Waals surface area (Å²) in [6.07, 6.45) is 2.79. The molecule has 1 aromatic carbocycles. The van der Waals surface area contributed by atoms with Crippen LogP contribution < -0.4 is 0 Å². The van der Waals surface area contributed by atoms with Crippen molar-refractivity contribution >= 4 is 20.0 Å². The lowest BCUT2D eigenvalue weighted by atomic mass is 9.92. The van der Waals surface area contributed by atoms with Gasteiger partial charge in [0.25, 0.3) is 0 Å². The Balaban J connectivity index is 1.72. The molecule has 28 heavy (non-hydrogen) atoms. The molecule has 3 rings (SSSR count). The van der Waals surface area contributed by atoms with Crippen LogP contribution in [0.1, 0.15) is 25.3 Å². The van der Waals surface area contributed by atoms with Crippen molar-refractivity contribution in [1.82, 2.24) is 13.5 Å². The zero-order valence-corrected chi connectivity index (χ0v) is 18.2. The summed E-state index contributed by atoms with van der Waals surface area (Å²) in [6, 6.07) is 3.85. The van der Waals surface area contributed by atoms with Crippen LogP contribution >= 0.6 is 0 Å². The summed E-state index contributed by atoms with van der Waals surface area (Å²) in [6.45, 7) is 6.31. The van der Waals surface area contributed by atoms with E-state index < -0.39 is 25.9 Å². The molecule has 0 amide bonds. The van der Waals surface area contributed by atoms with Gasteiger partial charge in [-0.1, -0.05) is 6.92 Å².